The average Bonchev–Trinajstić information content (AvgIpc) is 2.67. The molecule has 2 aromatic rings. The summed E-state index contributed by atoms with van der Waals surface area (Å²) >= 11 is 5.78. The lowest BCUT2D eigenvalue weighted by molar-refractivity contribution is -0.122. The minimum atomic E-state index is -0.691. The van der Waals surface area contributed by atoms with Gasteiger partial charge in [0, 0.05) is 18.0 Å². The largest absolute Gasteiger partial charge is 0.508 e. The zero-order valence-corrected chi connectivity index (χ0v) is 14.7. The van der Waals surface area contributed by atoms with E-state index in [4.69, 9.17) is 16.9 Å². The lowest BCUT2D eigenvalue weighted by Crippen LogP contribution is -2.37. The van der Waals surface area contributed by atoms with Crippen LogP contribution in [0.5, 0.6) is 5.75 Å². The van der Waals surface area contributed by atoms with Crippen LogP contribution in [0, 0.1) is 11.3 Å². The van der Waals surface area contributed by atoms with E-state index in [-0.39, 0.29) is 30.7 Å². The van der Waals surface area contributed by atoms with Gasteiger partial charge < -0.3 is 15.7 Å². The van der Waals surface area contributed by atoms with Crippen molar-refractivity contribution in [1.29, 1.82) is 5.26 Å². The second-order valence-corrected chi connectivity index (χ2v) is 5.83. The van der Waals surface area contributed by atoms with Gasteiger partial charge in [0.25, 0.3) is 5.91 Å². The Hall–Kier alpha value is -3.04. The summed E-state index contributed by atoms with van der Waals surface area (Å²) in [4.78, 5) is 24.7. The SMILES string of the molecule is N#CCNC(=O)C(CNC(=O)c1cccc(CCl)c1)c1ccc(O)cc1. The van der Waals surface area contributed by atoms with Gasteiger partial charge in [-0.2, -0.15) is 5.26 Å². The van der Waals surface area contributed by atoms with Gasteiger partial charge in [0.05, 0.1) is 12.0 Å². The summed E-state index contributed by atoms with van der Waals surface area (Å²) in [7, 11) is 0. The van der Waals surface area contributed by atoms with E-state index in [9.17, 15) is 14.7 Å². The fourth-order valence-corrected chi connectivity index (χ4v) is 2.58. The summed E-state index contributed by atoms with van der Waals surface area (Å²) in [6, 6.07) is 14.9. The Kier molecular flexibility index (Phi) is 7.01. The number of phenols is 1. The number of phenolic OH excluding ortho intramolecular Hbond substituents is 1. The van der Waals surface area contributed by atoms with E-state index in [0.717, 1.165) is 5.56 Å². The van der Waals surface area contributed by atoms with E-state index in [1.807, 2.05) is 12.1 Å². The number of carbonyl (C=O) groups is 2. The Morgan fingerprint density at radius 2 is 1.88 bits per heavy atom. The number of amides is 2. The molecule has 0 aliphatic heterocycles. The van der Waals surface area contributed by atoms with Gasteiger partial charge in [-0.3, -0.25) is 9.59 Å². The van der Waals surface area contributed by atoms with Crippen molar-refractivity contribution in [2.45, 2.75) is 11.8 Å². The molecule has 0 spiro atoms. The Morgan fingerprint density at radius 1 is 1.15 bits per heavy atom. The number of nitriles is 1. The zero-order valence-electron chi connectivity index (χ0n) is 13.9. The van der Waals surface area contributed by atoms with E-state index >= 15 is 0 Å². The maximum absolute atomic E-state index is 12.4. The topological polar surface area (TPSA) is 102 Å². The van der Waals surface area contributed by atoms with Crippen LogP contribution in [-0.2, 0) is 10.7 Å². The predicted molar refractivity (Wildman–Crippen MR) is 97.8 cm³/mol. The average molecular weight is 372 g/mol. The van der Waals surface area contributed by atoms with Crippen LogP contribution < -0.4 is 10.6 Å². The van der Waals surface area contributed by atoms with Crippen molar-refractivity contribution in [1.82, 2.24) is 10.6 Å². The van der Waals surface area contributed by atoms with Gasteiger partial charge in [0.1, 0.15) is 12.3 Å². The first-order valence-electron chi connectivity index (χ1n) is 7.92. The number of carbonyl (C=O) groups excluding carboxylic acids is 2. The standard InChI is InChI=1S/C19H18ClN3O3/c20-11-13-2-1-3-15(10-13)18(25)23-12-17(19(26)22-9-8-21)14-4-6-16(24)7-5-14/h1-7,10,17,24H,9,11-12H2,(H,22,26)(H,23,25). The van der Waals surface area contributed by atoms with Crippen molar-refractivity contribution in [3.8, 4) is 11.8 Å². The summed E-state index contributed by atoms with van der Waals surface area (Å²) in [5.41, 5.74) is 1.89. The number of aromatic hydroxyl groups is 1. The molecule has 2 amide bonds. The normalized spacial score (nSPS) is 11.2. The summed E-state index contributed by atoms with van der Waals surface area (Å²) in [5.74, 6) is -1.02. The maximum Gasteiger partial charge on any atom is 0.251 e. The van der Waals surface area contributed by atoms with Crippen LogP contribution in [-0.4, -0.2) is 30.0 Å². The van der Waals surface area contributed by atoms with Gasteiger partial charge in [0.15, 0.2) is 0 Å². The van der Waals surface area contributed by atoms with Crippen molar-refractivity contribution >= 4 is 23.4 Å². The highest BCUT2D eigenvalue weighted by Crippen LogP contribution is 2.19. The summed E-state index contributed by atoms with van der Waals surface area (Å²) in [5, 5.41) is 23.3. The monoisotopic (exact) mass is 371 g/mol. The highest BCUT2D eigenvalue weighted by atomic mass is 35.5. The molecule has 0 aromatic heterocycles. The Bertz CT molecular complexity index is 816. The van der Waals surface area contributed by atoms with Gasteiger partial charge in [0.2, 0.25) is 5.91 Å². The number of benzene rings is 2. The van der Waals surface area contributed by atoms with Crippen LogP contribution in [0.2, 0.25) is 0 Å². The van der Waals surface area contributed by atoms with Gasteiger partial charge >= 0.3 is 0 Å². The molecule has 1 unspecified atom stereocenters. The van der Waals surface area contributed by atoms with Crippen molar-refractivity contribution in [2.75, 3.05) is 13.1 Å². The van der Waals surface area contributed by atoms with Crippen LogP contribution in [0.15, 0.2) is 48.5 Å². The number of hydrogen-bond donors (Lipinski definition) is 3. The van der Waals surface area contributed by atoms with Gasteiger partial charge in [-0.25, -0.2) is 0 Å². The molecule has 6 nitrogen and oxygen atoms in total. The van der Waals surface area contributed by atoms with Gasteiger partial charge in [-0.05, 0) is 35.4 Å². The fraction of sp³-hybridized carbons (Fsp3) is 0.211. The van der Waals surface area contributed by atoms with Crippen molar-refractivity contribution in [2.24, 2.45) is 0 Å². The number of halogens is 1. The third kappa shape index (κ3) is 5.23. The van der Waals surface area contributed by atoms with E-state index in [1.54, 1.807) is 30.3 Å². The number of nitrogens with zero attached hydrogens (tertiary/aromatic N) is 1. The Morgan fingerprint density at radius 3 is 2.54 bits per heavy atom. The molecular weight excluding hydrogens is 354 g/mol. The molecular formula is C19H18ClN3O3. The molecule has 134 valence electrons. The summed E-state index contributed by atoms with van der Waals surface area (Å²) < 4.78 is 0. The molecule has 7 heteroatoms. The maximum atomic E-state index is 12.4. The fourth-order valence-electron chi connectivity index (χ4n) is 2.41. The molecule has 0 aliphatic rings. The van der Waals surface area contributed by atoms with Crippen molar-refractivity contribution in [3.63, 3.8) is 0 Å². The lowest BCUT2D eigenvalue weighted by atomic mass is 9.97. The first-order valence-corrected chi connectivity index (χ1v) is 8.45. The van der Waals surface area contributed by atoms with E-state index in [0.29, 0.717) is 17.0 Å². The molecule has 0 aliphatic carbocycles. The Balaban J connectivity index is 2.13. The Labute approximate surface area is 156 Å². The van der Waals surface area contributed by atoms with Crippen LogP contribution in [0.3, 0.4) is 0 Å². The van der Waals surface area contributed by atoms with Gasteiger partial charge in [-0.1, -0.05) is 24.3 Å². The van der Waals surface area contributed by atoms with Crippen LogP contribution in [0.1, 0.15) is 27.4 Å². The molecule has 0 bridgehead atoms. The minimum Gasteiger partial charge on any atom is -0.508 e. The van der Waals surface area contributed by atoms with Crippen LogP contribution in [0.4, 0.5) is 0 Å². The first-order chi connectivity index (χ1) is 12.5. The molecule has 26 heavy (non-hydrogen) atoms. The second kappa shape index (κ2) is 9.44. The molecule has 0 saturated carbocycles. The first kappa shape index (κ1) is 19.3. The van der Waals surface area contributed by atoms with E-state index in [2.05, 4.69) is 10.6 Å². The van der Waals surface area contributed by atoms with Crippen molar-refractivity contribution in [3.05, 3.63) is 65.2 Å². The van der Waals surface area contributed by atoms with E-state index < -0.39 is 5.92 Å². The number of hydrogen-bond acceptors (Lipinski definition) is 4. The third-order valence-corrected chi connectivity index (χ3v) is 4.07. The number of rotatable bonds is 7. The smallest absolute Gasteiger partial charge is 0.251 e. The molecule has 3 N–H and O–H groups in total. The molecule has 2 aromatic carbocycles. The molecule has 0 fully saturated rings. The van der Waals surface area contributed by atoms with E-state index in [1.165, 1.54) is 12.1 Å². The minimum absolute atomic E-state index is 0.0476. The highest BCUT2D eigenvalue weighted by molar-refractivity contribution is 6.17. The number of alkyl halides is 1. The highest BCUT2D eigenvalue weighted by Gasteiger charge is 2.21. The molecule has 1 atom stereocenters. The van der Waals surface area contributed by atoms with Crippen LogP contribution in [0.25, 0.3) is 0 Å². The molecule has 0 radical (unpaired) electrons. The molecule has 0 saturated heterocycles. The zero-order chi connectivity index (χ0) is 18.9. The quantitative estimate of drug-likeness (QED) is 0.513. The second-order valence-electron chi connectivity index (χ2n) is 5.56. The number of nitrogens with one attached hydrogen (secondary N) is 2. The summed E-state index contributed by atoms with van der Waals surface area (Å²) in [6.45, 7) is -0.0783. The van der Waals surface area contributed by atoms with Crippen LogP contribution >= 0.6 is 11.6 Å². The lowest BCUT2D eigenvalue weighted by Gasteiger charge is -2.17. The summed E-state index contributed by atoms with van der Waals surface area (Å²) in [6.07, 6.45) is 0. The van der Waals surface area contributed by atoms with Gasteiger partial charge in [-0.15, -0.1) is 11.6 Å². The third-order valence-electron chi connectivity index (χ3n) is 3.76. The van der Waals surface area contributed by atoms with Crippen molar-refractivity contribution < 1.29 is 14.7 Å². The molecule has 2 rings (SSSR count). The molecule has 0 heterocycles. The predicted octanol–water partition coefficient (Wildman–Crippen LogP) is 2.28.